The van der Waals surface area contributed by atoms with Gasteiger partial charge in [-0.25, -0.2) is 9.59 Å². The fourth-order valence-electron chi connectivity index (χ4n) is 1.47. The topological polar surface area (TPSA) is 63.6 Å². The minimum absolute atomic E-state index is 0.202. The van der Waals surface area contributed by atoms with Crippen molar-refractivity contribution >= 4 is 18.0 Å². The monoisotopic (exact) mass is 234 g/mol. The van der Waals surface area contributed by atoms with Gasteiger partial charge in [-0.05, 0) is 31.1 Å². The van der Waals surface area contributed by atoms with Crippen LogP contribution in [0.25, 0.3) is 6.08 Å². The van der Waals surface area contributed by atoms with Gasteiger partial charge >= 0.3 is 11.9 Å². The number of carbonyl (C=O) groups is 2. The van der Waals surface area contributed by atoms with Crippen molar-refractivity contribution in [1.82, 2.24) is 0 Å². The molecule has 0 saturated carbocycles. The van der Waals surface area contributed by atoms with Gasteiger partial charge in [-0.3, -0.25) is 0 Å². The first-order valence-corrected chi connectivity index (χ1v) is 5.24. The quantitative estimate of drug-likeness (QED) is 0.641. The van der Waals surface area contributed by atoms with Gasteiger partial charge in [-0.15, -0.1) is 0 Å². The number of carboxylic acids is 1. The van der Waals surface area contributed by atoms with E-state index < -0.39 is 11.9 Å². The summed E-state index contributed by atoms with van der Waals surface area (Å²) in [6.07, 6.45) is 2.68. The number of rotatable bonds is 4. The van der Waals surface area contributed by atoms with Crippen LogP contribution in [-0.4, -0.2) is 23.7 Å². The fourth-order valence-corrected chi connectivity index (χ4v) is 1.47. The number of benzene rings is 1. The van der Waals surface area contributed by atoms with Crippen LogP contribution in [0.4, 0.5) is 0 Å². The molecule has 1 rings (SSSR count). The maximum absolute atomic E-state index is 11.1. The van der Waals surface area contributed by atoms with Crippen molar-refractivity contribution in [2.75, 3.05) is 6.61 Å². The second kappa shape index (κ2) is 5.84. The molecule has 1 aromatic rings. The molecule has 1 aromatic carbocycles. The molecule has 0 radical (unpaired) electrons. The van der Waals surface area contributed by atoms with E-state index in [-0.39, 0.29) is 5.56 Å². The van der Waals surface area contributed by atoms with E-state index in [9.17, 15) is 9.59 Å². The highest BCUT2D eigenvalue weighted by Crippen LogP contribution is 2.15. The number of carboxylic acid groups (broad SMARTS) is 1. The van der Waals surface area contributed by atoms with Crippen molar-refractivity contribution in [3.63, 3.8) is 0 Å². The van der Waals surface area contributed by atoms with E-state index in [0.717, 1.165) is 0 Å². The highest BCUT2D eigenvalue weighted by atomic mass is 16.5. The summed E-state index contributed by atoms with van der Waals surface area (Å²) >= 11 is 0. The third kappa shape index (κ3) is 3.45. The van der Waals surface area contributed by atoms with E-state index in [1.165, 1.54) is 12.2 Å². The zero-order chi connectivity index (χ0) is 12.8. The molecule has 0 amide bonds. The van der Waals surface area contributed by atoms with E-state index in [1.807, 2.05) is 0 Å². The standard InChI is InChI=1S/C13H14O4/c1-3-17-11(14)8-7-10-6-4-5-9(2)12(10)13(15)16/h4-8H,3H2,1-2H3,(H,15,16). The van der Waals surface area contributed by atoms with Crippen LogP contribution < -0.4 is 0 Å². The summed E-state index contributed by atoms with van der Waals surface area (Å²) in [6, 6.07) is 5.10. The Kier molecular flexibility index (Phi) is 4.46. The van der Waals surface area contributed by atoms with Gasteiger partial charge in [0.2, 0.25) is 0 Å². The van der Waals surface area contributed by atoms with Crippen molar-refractivity contribution in [3.8, 4) is 0 Å². The number of aromatic carboxylic acids is 1. The molecule has 0 bridgehead atoms. The molecule has 0 saturated heterocycles. The number of aryl methyl sites for hydroxylation is 1. The second-order valence-corrected chi connectivity index (χ2v) is 3.43. The molecule has 1 N–H and O–H groups in total. The lowest BCUT2D eigenvalue weighted by Crippen LogP contribution is -2.03. The molecule has 0 unspecified atom stereocenters. The smallest absolute Gasteiger partial charge is 0.336 e. The number of hydrogen-bond acceptors (Lipinski definition) is 3. The molecule has 0 fully saturated rings. The molecule has 4 heteroatoms. The summed E-state index contributed by atoms with van der Waals surface area (Å²) in [7, 11) is 0. The Labute approximate surface area is 99.5 Å². The maximum Gasteiger partial charge on any atom is 0.336 e. The third-order valence-electron chi connectivity index (χ3n) is 2.20. The molecule has 0 aliphatic heterocycles. The van der Waals surface area contributed by atoms with Crippen molar-refractivity contribution < 1.29 is 19.4 Å². The summed E-state index contributed by atoms with van der Waals surface area (Å²) in [4.78, 5) is 22.2. The van der Waals surface area contributed by atoms with Gasteiger partial charge in [-0.1, -0.05) is 18.2 Å². The van der Waals surface area contributed by atoms with E-state index in [0.29, 0.717) is 17.7 Å². The Hall–Kier alpha value is -2.10. The van der Waals surface area contributed by atoms with Crippen LogP contribution in [0.1, 0.15) is 28.4 Å². The molecule has 0 aliphatic carbocycles. The number of ether oxygens (including phenoxy) is 1. The Bertz CT molecular complexity index is 460. The first-order valence-electron chi connectivity index (χ1n) is 5.24. The summed E-state index contributed by atoms with van der Waals surface area (Å²) < 4.78 is 4.72. The van der Waals surface area contributed by atoms with E-state index >= 15 is 0 Å². The summed E-state index contributed by atoms with van der Waals surface area (Å²) in [5.74, 6) is -1.49. The Morgan fingerprint density at radius 3 is 2.71 bits per heavy atom. The van der Waals surface area contributed by atoms with Crippen molar-refractivity contribution in [2.45, 2.75) is 13.8 Å². The van der Waals surface area contributed by atoms with Crippen LogP contribution in [0, 0.1) is 6.92 Å². The Morgan fingerprint density at radius 2 is 2.12 bits per heavy atom. The molecular weight excluding hydrogens is 220 g/mol. The van der Waals surface area contributed by atoms with E-state index in [1.54, 1.807) is 32.0 Å². The molecule has 0 atom stereocenters. The van der Waals surface area contributed by atoms with Gasteiger partial charge in [0.05, 0.1) is 12.2 Å². The SMILES string of the molecule is CCOC(=O)C=Cc1cccc(C)c1C(=O)O. The average Bonchev–Trinajstić information content (AvgIpc) is 2.26. The van der Waals surface area contributed by atoms with Crippen LogP contribution >= 0.6 is 0 Å². The zero-order valence-electron chi connectivity index (χ0n) is 9.77. The highest BCUT2D eigenvalue weighted by molar-refractivity contribution is 5.96. The van der Waals surface area contributed by atoms with Crippen LogP contribution in [0.3, 0.4) is 0 Å². The Balaban J connectivity index is 3.02. The molecule has 0 heterocycles. The molecule has 17 heavy (non-hydrogen) atoms. The molecular formula is C13H14O4. The van der Waals surface area contributed by atoms with Crippen molar-refractivity contribution in [3.05, 3.63) is 41.0 Å². The van der Waals surface area contributed by atoms with Gasteiger partial charge in [0.1, 0.15) is 0 Å². The normalized spacial score (nSPS) is 10.5. The number of hydrogen-bond donors (Lipinski definition) is 1. The van der Waals surface area contributed by atoms with Crippen molar-refractivity contribution in [1.29, 1.82) is 0 Å². The van der Waals surface area contributed by atoms with Gasteiger partial charge in [0, 0.05) is 6.08 Å². The summed E-state index contributed by atoms with van der Waals surface area (Å²) in [5, 5.41) is 9.07. The lowest BCUT2D eigenvalue weighted by molar-refractivity contribution is -0.137. The third-order valence-corrected chi connectivity index (χ3v) is 2.20. The maximum atomic E-state index is 11.1. The minimum Gasteiger partial charge on any atom is -0.478 e. The summed E-state index contributed by atoms with van der Waals surface area (Å²) in [5.41, 5.74) is 1.35. The van der Waals surface area contributed by atoms with Gasteiger partial charge in [0.25, 0.3) is 0 Å². The van der Waals surface area contributed by atoms with E-state index in [2.05, 4.69) is 0 Å². The number of carbonyl (C=O) groups excluding carboxylic acids is 1. The van der Waals surface area contributed by atoms with Crippen LogP contribution in [0.5, 0.6) is 0 Å². The lowest BCUT2D eigenvalue weighted by Gasteiger charge is -2.04. The lowest BCUT2D eigenvalue weighted by atomic mass is 10.0. The fraction of sp³-hybridized carbons (Fsp3) is 0.231. The molecule has 0 aliphatic rings. The highest BCUT2D eigenvalue weighted by Gasteiger charge is 2.10. The number of esters is 1. The summed E-state index contributed by atoms with van der Waals surface area (Å²) in [6.45, 7) is 3.72. The van der Waals surface area contributed by atoms with Gasteiger partial charge in [0.15, 0.2) is 0 Å². The molecule has 0 aromatic heterocycles. The molecule has 4 nitrogen and oxygen atoms in total. The average molecular weight is 234 g/mol. The first kappa shape index (κ1) is 13.0. The van der Waals surface area contributed by atoms with Crippen molar-refractivity contribution in [2.24, 2.45) is 0 Å². The van der Waals surface area contributed by atoms with Crippen LogP contribution in [-0.2, 0) is 9.53 Å². The zero-order valence-corrected chi connectivity index (χ0v) is 9.77. The predicted molar refractivity (Wildman–Crippen MR) is 63.8 cm³/mol. The first-order chi connectivity index (χ1) is 8.06. The molecule has 90 valence electrons. The van der Waals surface area contributed by atoms with Gasteiger partial charge in [-0.2, -0.15) is 0 Å². The van der Waals surface area contributed by atoms with Gasteiger partial charge < -0.3 is 9.84 Å². The van der Waals surface area contributed by atoms with E-state index in [4.69, 9.17) is 9.84 Å². The minimum atomic E-state index is -1.01. The predicted octanol–water partition coefficient (Wildman–Crippen LogP) is 2.27. The largest absolute Gasteiger partial charge is 0.478 e. The Morgan fingerprint density at radius 1 is 1.41 bits per heavy atom. The van der Waals surface area contributed by atoms with Crippen LogP contribution in [0.2, 0.25) is 0 Å². The molecule has 0 spiro atoms. The second-order valence-electron chi connectivity index (χ2n) is 3.43. The van der Waals surface area contributed by atoms with Crippen LogP contribution in [0.15, 0.2) is 24.3 Å².